The van der Waals surface area contributed by atoms with Crippen LogP contribution in [0.1, 0.15) is 97.3 Å². The Balaban J connectivity index is 1.58. The monoisotopic (exact) mass is 334 g/mol. The molecular formula is C23H42O. The second-order valence-corrected chi connectivity index (χ2v) is 8.45. The summed E-state index contributed by atoms with van der Waals surface area (Å²) in [5.41, 5.74) is 0. The van der Waals surface area contributed by atoms with Crippen molar-refractivity contribution in [1.82, 2.24) is 0 Å². The van der Waals surface area contributed by atoms with Gasteiger partial charge < -0.3 is 4.74 Å². The molecule has 2 rings (SSSR count). The van der Waals surface area contributed by atoms with E-state index in [2.05, 4.69) is 26.0 Å². The standard InChI is InChI=1S/C23H42O/c1-3-5-6-8-20-10-14-22(15-11-20)23-16-12-21(13-17-23)9-7-19-24-18-4-2/h7,9,20-23H,3-6,8,10-19H2,1-2H3/t20-,21-,22-,23-. The Morgan fingerprint density at radius 3 is 2.08 bits per heavy atom. The van der Waals surface area contributed by atoms with E-state index in [-0.39, 0.29) is 0 Å². The number of rotatable bonds is 10. The third-order valence-electron chi connectivity index (χ3n) is 6.56. The van der Waals surface area contributed by atoms with Gasteiger partial charge in [0.2, 0.25) is 0 Å². The van der Waals surface area contributed by atoms with E-state index < -0.39 is 0 Å². The molecule has 2 saturated carbocycles. The molecule has 0 aromatic heterocycles. The Labute approximate surface area is 151 Å². The maximum Gasteiger partial charge on any atom is 0.0647 e. The molecule has 0 saturated heterocycles. The van der Waals surface area contributed by atoms with Crippen LogP contribution in [0.5, 0.6) is 0 Å². The normalized spacial score (nSPS) is 31.6. The zero-order valence-corrected chi connectivity index (χ0v) is 16.5. The van der Waals surface area contributed by atoms with Gasteiger partial charge in [0.15, 0.2) is 0 Å². The molecule has 0 bridgehead atoms. The van der Waals surface area contributed by atoms with Crippen LogP contribution in [-0.4, -0.2) is 13.2 Å². The first-order valence-corrected chi connectivity index (χ1v) is 11.1. The molecule has 2 fully saturated rings. The molecule has 2 aliphatic rings. The highest BCUT2D eigenvalue weighted by molar-refractivity contribution is 4.92. The van der Waals surface area contributed by atoms with Crippen molar-refractivity contribution in [2.24, 2.45) is 23.7 Å². The lowest BCUT2D eigenvalue weighted by Gasteiger charge is -2.37. The van der Waals surface area contributed by atoms with Crippen molar-refractivity contribution in [3.8, 4) is 0 Å². The topological polar surface area (TPSA) is 9.23 Å². The molecule has 0 aliphatic heterocycles. The summed E-state index contributed by atoms with van der Waals surface area (Å²) in [6.07, 6.45) is 23.6. The van der Waals surface area contributed by atoms with Gasteiger partial charge in [-0.3, -0.25) is 0 Å². The number of hydrogen-bond donors (Lipinski definition) is 0. The summed E-state index contributed by atoms with van der Waals surface area (Å²) in [5.74, 6) is 4.00. The smallest absolute Gasteiger partial charge is 0.0647 e. The maximum absolute atomic E-state index is 5.55. The van der Waals surface area contributed by atoms with Crippen LogP contribution in [0, 0.1) is 23.7 Å². The summed E-state index contributed by atoms with van der Waals surface area (Å²) in [6.45, 7) is 6.21. The highest BCUT2D eigenvalue weighted by Crippen LogP contribution is 2.42. The van der Waals surface area contributed by atoms with Crippen molar-refractivity contribution < 1.29 is 4.74 Å². The highest BCUT2D eigenvalue weighted by Gasteiger charge is 2.30. The van der Waals surface area contributed by atoms with Gasteiger partial charge in [0.05, 0.1) is 6.61 Å². The molecule has 0 aromatic rings. The van der Waals surface area contributed by atoms with Crippen LogP contribution >= 0.6 is 0 Å². The van der Waals surface area contributed by atoms with Gasteiger partial charge in [0, 0.05) is 6.61 Å². The first kappa shape index (κ1) is 20.0. The lowest BCUT2D eigenvalue weighted by Crippen LogP contribution is -2.25. The van der Waals surface area contributed by atoms with Crippen LogP contribution in [0.25, 0.3) is 0 Å². The molecule has 0 heterocycles. The Kier molecular flexibility index (Phi) is 10.1. The summed E-state index contributed by atoms with van der Waals surface area (Å²) < 4.78 is 5.55. The molecular weight excluding hydrogens is 292 g/mol. The van der Waals surface area contributed by atoms with Gasteiger partial charge in [0.1, 0.15) is 0 Å². The van der Waals surface area contributed by atoms with Gasteiger partial charge in [-0.2, -0.15) is 0 Å². The SMILES string of the molecule is CCCCC[C@H]1CC[C@H]([C@H]2CC[C@H](C=CCOCCC)CC2)CC1. The van der Waals surface area contributed by atoms with E-state index in [0.717, 1.165) is 43.3 Å². The summed E-state index contributed by atoms with van der Waals surface area (Å²) in [7, 11) is 0. The fourth-order valence-electron chi connectivity index (χ4n) is 4.98. The van der Waals surface area contributed by atoms with Crippen LogP contribution in [0.2, 0.25) is 0 Å². The Morgan fingerprint density at radius 1 is 0.792 bits per heavy atom. The second-order valence-electron chi connectivity index (χ2n) is 8.45. The number of ether oxygens (including phenoxy) is 1. The zero-order valence-electron chi connectivity index (χ0n) is 16.5. The largest absolute Gasteiger partial charge is 0.377 e. The molecule has 0 aromatic carbocycles. The van der Waals surface area contributed by atoms with Gasteiger partial charge in [-0.05, 0) is 68.6 Å². The van der Waals surface area contributed by atoms with Gasteiger partial charge in [-0.1, -0.05) is 64.5 Å². The van der Waals surface area contributed by atoms with E-state index in [4.69, 9.17) is 4.74 Å². The maximum atomic E-state index is 5.55. The van der Waals surface area contributed by atoms with Crippen molar-refractivity contribution in [1.29, 1.82) is 0 Å². The first-order valence-electron chi connectivity index (χ1n) is 11.1. The summed E-state index contributed by atoms with van der Waals surface area (Å²) >= 11 is 0. The minimum absolute atomic E-state index is 0.815. The van der Waals surface area contributed by atoms with Crippen molar-refractivity contribution >= 4 is 0 Å². The van der Waals surface area contributed by atoms with Crippen molar-refractivity contribution in [2.75, 3.05) is 13.2 Å². The van der Waals surface area contributed by atoms with Crippen LogP contribution in [-0.2, 0) is 4.74 Å². The van der Waals surface area contributed by atoms with Gasteiger partial charge in [-0.15, -0.1) is 0 Å². The molecule has 24 heavy (non-hydrogen) atoms. The predicted molar refractivity (Wildman–Crippen MR) is 105 cm³/mol. The molecule has 0 atom stereocenters. The lowest BCUT2D eigenvalue weighted by atomic mass is 9.68. The Bertz CT molecular complexity index is 319. The third kappa shape index (κ3) is 7.30. The molecule has 1 nitrogen and oxygen atoms in total. The highest BCUT2D eigenvalue weighted by atomic mass is 16.5. The molecule has 140 valence electrons. The summed E-state index contributed by atoms with van der Waals surface area (Å²) in [6, 6.07) is 0. The van der Waals surface area contributed by atoms with E-state index in [1.165, 1.54) is 77.0 Å². The second kappa shape index (κ2) is 12.1. The van der Waals surface area contributed by atoms with Gasteiger partial charge in [-0.25, -0.2) is 0 Å². The Hall–Kier alpha value is -0.300. The molecule has 0 radical (unpaired) electrons. The van der Waals surface area contributed by atoms with E-state index in [1.54, 1.807) is 0 Å². The van der Waals surface area contributed by atoms with Crippen molar-refractivity contribution in [2.45, 2.75) is 97.3 Å². The van der Waals surface area contributed by atoms with Crippen LogP contribution in [0.15, 0.2) is 12.2 Å². The van der Waals surface area contributed by atoms with E-state index >= 15 is 0 Å². The number of hydrogen-bond acceptors (Lipinski definition) is 1. The molecule has 2 aliphatic carbocycles. The minimum atomic E-state index is 0.815. The lowest BCUT2D eigenvalue weighted by molar-refractivity contribution is 0.150. The number of unbranched alkanes of at least 4 members (excludes halogenated alkanes) is 2. The van der Waals surface area contributed by atoms with Crippen LogP contribution < -0.4 is 0 Å². The zero-order chi connectivity index (χ0) is 17.0. The van der Waals surface area contributed by atoms with Crippen molar-refractivity contribution in [3.63, 3.8) is 0 Å². The fourth-order valence-corrected chi connectivity index (χ4v) is 4.98. The molecule has 0 spiro atoms. The fraction of sp³-hybridized carbons (Fsp3) is 0.913. The van der Waals surface area contributed by atoms with Crippen molar-refractivity contribution in [3.05, 3.63) is 12.2 Å². The van der Waals surface area contributed by atoms with Gasteiger partial charge in [0.25, 0.3) is 0 Å². The van der Waals surface area contributed by atoms with E-state index in [1.807, 2.05) is 0 Å². The predicted octanol–water partition coefficient (Wildman–Crippen LogP) is 7.16. The minimum Gasteiger partial charge on any atom is -0.377 e. The number of allylic oxidation sites excluding steroid dienone is 1. The average Bonchev–Trinajstić information content (AvgIpc) is 2.63. The average molecular weight is 335 g/mol. The molecule has 1 heteroatoms. The van der Waals surface area contributed by atoms with E-state index in [9.17, 15) is 0 Å². The van der Waals surface area contributed by atoms with Crippen LogP contribution in [0.4, 0.5) is 0 Å². The Morgan fingerprint density at radius 2 is 1.46 bits per heavy atom. The summed E-state index contributed by atoms with van der Waals surface area (Å²) in [5, 5.41) is 0. The third-order valence-corrected chi connectivity index (χ3v) is 6.56. The molecule has 0 N–H and O–H groups in total. The summed E-state index contributed by atoms with van der Waals surface area (Å²) in [4.78, 5) is 0. The first-order chi connectivity index (χ1) is 11.8. The van der Waals surface area contributed by atoms with Gasteiger partial charge >= 0.3 is 0 Å². The van der Waals surface area contributed by atoms with Crippen LogP contribution in [0.3, 0.4) is 0 Å². The van der Waals surface area contributed by atoms with E-state index in [0.29, 0.717) is 0 Å². The molecule has 0 amide bonds. The quantitative estimate of drug-likeness (QED) is 0.304. The molecule has 0 unspecified atom stereocenters.